The molecule has 2 amide bonds. The Morgan fingerprint density at radius 1 is 0.906 bits per heavy atom. The molecule has 4 nitrogen and oxygen atoms in total. The first-order valence-electron chi connectivity index (χ1n) is 12.4. The Kier molecular flexibility index (Phi) is 5.79. The van der Waals surface area contributed by atoms with Crippen molar-refractivity contribution >= 4 is 11.8 Å². The Morgan fingerprint density at radius 2 is 1.59 bits per heavy atom. The zero-order valence-electron chi connectivity index (χ0n) is 19.1. The summed E-state index contributed by atoms with van der Waals surface area (Å²) in [5.74, 6) is 0.00220. The molecule has 32 heavy (non-hydrogen) atoms. The van der Waals surface area contributed by atoms with Gasteiger partial charge in [0.25, 0.3) is 5.91 Å². The van der Waals surface area contributed by atoms with Crippen LogP contribution in [0.25, 0.3) is 0 Å². The average molecular weight is 431 g/mol. The second-order valence-corrected chi connectivity index (χ2v) is 10.1. The Bertz CT molecular complexity index is 1010. The number of fused-ring (bicyclic) bond motifs is 2. The van der Waals surface area contributed by atoms with Crippen LogP contribution in [0.4, 0.5) is 0 Å². The summed E-state index contributed by atoms with van der Waals surface area (Å²) in [6.45, 7) is 1.99. The minimum absolute atomic E-state index is 0.00734. The Morgan fingerprint density at radius 3 is 2.38 bits per heavy atom. The molecule has 4 heteroatoms. The van der Waals surface area contributed by atoms with Gasteiger partial charge in [0.1, 0.15) is 5.54 Å². The summed E-state index contributed by atoms with van der Waals surface area (Å²) in [6, 6.07) is 16.4. The molecule has 1 saturated carbocycles. The third-order valence-electron chi connectivity index (χ3n) is 7.86. The topological polar surface area (TPSA) is 49.4 Å². The molecule has 3 aliphatic rings. The molecule has 0 aromatic heterocycles. The van der Waals surface area contributed by atoms with E-state index in [1.54, 1.807) is 0 Å². The Labute approximate surface area is 191 Å². The highest BCUT2D eigenvalue weighted by Crippen LogP contribution is 2.43. The zero-order valence-corrected chi connectivity index (χ0v) is 19.1. The number of amides is 2. The van der Waals surface area contributed by atoms with Crippen LogP contribution in [0.5, 0.6) is 0 Å². The monoisotopic (exact) mass is 430 g/mol. The molecule has 2 aromatic carbocycles. The number of nitrogens with zero attached hydrogens (tertiary/aromatic N) is 1. The minimum atomic E-state index is -0.896. The summed E-state index contributed by atoms with van der Waals surface area (Å²) in [5, 5.41) is 3.38. The molecule has 0 saturated heterocycles. The fourth-order valence-electron chi connectivity index (χ4n) is 6.13. The maximum absolute atomic E-state index is 13.9. The summed E-state index contributed by atoms with van der Waals surface area (Å²) in [5.41, 5.74) is 3.35. The number of carbonyl (C=O) groups excluding carboxylic acids is 2. The molecule has 168 valence electrons. The fraction of sp³-hybridized carbons (Fsp3) is 0.500. The van der Waals surface area contributed by atoms with Gasteiger partial charge in [-0.3, -0.25) is 9.59 Å². The van der Waals surface area contributed by atoms with Gasteiger partial charge in [-0.05, 0) is 61.8 Å². The van der Waals surface area contributed by atoms with Crippen LogP contribution in [-0.4, -0.2) is 28.3 Å². The normalized spacial score (nSPS) is 26.1. The van der Waals surface area contributed by atoms with E-state index in [1.165, 1.54) is 36.8 Å². The Balaban J connectivity index is 1.54. The smallest absolute Gasteiger partial charge is 0.255 e. The second kappa shape index (κ2) is 8.73. The van der Waals surface area contributed by atoms with Crippen LogP contribution in [0.15, 0.2) is 48.5 Å². The molecule has 0 unspecified atom stereocenters. The quantitative estimate of drug-likeness (QED) is 0.667. The molecule has 1 heterocycles. The SMILES string of the molecule is C[C@@]1(C(=O)NC2CCCCCC2)Cc2ccccc2C(=O)N1[C@H]1CCCc2ccccc21. The molecule has 1 N–H and O–H groups in total. The number of benzene rings is 2. The molecule has 0 spiro atoms. The van der Waals surface area contributed by atoms with Gasteiger partial charge in [-0.1, -0.05) is 68.1 Å². The van der Waals surface area contributed by atoms with Crippen molar-refractivity contribution in [3.8, 4) is 0 Å². The lowest BCUT2D eigenvalue weighted by atomic mass is 9.77. The first kappa shape index (κ1) is 21.2. The predicted octanol–water partition coefficient (Wildman–Crippen LogP) is 5.36. The number of rotatable bonds is 3. The first-order chi connectivity index (χ1) is 15.6. The van der Waals surface area contributed by atoms with Gasteiger partial charge in [-0.2, -0.15) is 0 Å². The van der Waals surface area contributed by atoms with E-state index in [9.17, 15) is 9.59 Å². The van der Waals surface area contributed by atoms with Crippen molar-refractivity contribution in [3.05, 3.63) is 70.8 Å². The van der Waals surface area contributed by atoms with Crippen LogP contribution in [0.3, 0.4) is 0 Å². The number of hydrogen-bond donors (Lipinski definition) is 1. The Hall–Kier alpha value is -2.62. The van der Waals surface area contributed by atoms with Gasteiger partial charge in [-0.25, -0.2) is 0 Å². The molecule has 2 aliphatic carbocycles. The van der Waals surface area contributed by atoms with Gasteiger partial charge in [-0.15, -0.1) is 0 Å². The highest BCUT2D eigenvalue weighted by molar-refractivity contribution is 6.03. The summed E-state index contributed by atoms with van der Waals surface area (Å²) >= 11 is 0. The standard InChI is InChI=1S/C28H34N2O2/c1-28(27(32)29-22-14-4-2-3-5-15-22)19-21-12-7-9-17-24(21)26(31)30(28)25-18-10-13-20-11-6-8-16-23(20)25/h6-9,11-12,16-17,22,25H,2-5,10,13-15,18-19H2,1H3,(H,29,32)/t25-,28-/m0/s1. The number of hydrogen-bond acceptors (Lipinski definition) is 2. The number of nitrogens with one attached hydrogen (secondary N) is 1. The van der Waals surface area contributed by atoms with Gasteiger partial charge < -0.3 is 10.2 Å². The van der Waals surface area contributed by atoms with Crippen LogP contribution in [0.1, 0.15) is 91.4 Å². The molecule has 2 atom stereocenters. The van der Waals surface area contributed by atoms with E-state index in [0.29, 0.717) is 6.42 Å². The third-order valence-corrected chi connectivity index (χ3v) is 7.86. The molecular formula is C28H34N2O2. The average Bonchev–Trinajstić information content (AvgIpc) is 3.08. The zero-order chi connectivity index (χ0) is 22.1. The van der Waals surface area contributed by atoms with Crippen LogP contribution in [-0.2, 0) is 17.6 Å². The van der Waals surface area contributed by atoms with E-state index < -0.39 is 5.54 Å². The molecule has 0 bridgehead atoms. The lowest BCUT2D eigenvalue weighted by molar-refractivity contribution is -0.134. The molecule has 5 rings (SSSR count). The van der Waals surface area contributed by atoms with Crippen molar-refractivity contribution in [1.82, 2.24) is 10.2 Å². The highest BCUT2D eigenvalue weighted by atomic mass is 16.2. The van der Waals surface area contributed by atoms with E-state index in [2.05, 4.69) is 29.6 Å². The van der Waals surface area contributed by atoms with Crippen LogP contribution < -0.4 is 5.32 Å². The van der Waals surface area contributed by atoms with E-state index in [4.69, 9.17) is 0 Å². The van der Waals surface area contributed by atoms with Gasteiger partial charge in [0, 0.05) is 18.0 Å². The van der Waals surface area contributed by atoms with Crippen molar-refractivity contribution in [2.75, 3.05) is 0 Å². The van der Waals surface area contributed by atoms with Crippen molar-refractivity contribution in [2.45, 2.75) is 88.8 Å². The van der Waals surface area contributed by atoms with Crippen LogP contribution >= 0.6 is 0 Å². The maximum Gasteiger partial charge on any atom is 0.255 e. The van der Waals surface area contributed by atoms with Gasteiger partial charge in [0.05, 0.1) is 6.04 Å². The molecule has 1 fully saturated rings. The molecule has 0 radical (unpaired) electrons. The predicted molar refractivity (Wildman–Crippen MR) is 126 cm³/mol. The van der Waals surface area contributed by atoms with E-state index in [-0.39, 0.29) is 23.9 Å². The van der Waals surface area contributed by atoms with Crippen molar-refractivity contribution in [3.63, 3.8) is 0 Å². The largest absolute Gasteiger partial charge is 0.351 e. The molecular weight excluding hydrogens is 396 g/mol. The van der Waals surface area contributed by atoms with Gasteiger partial charge in [0.15, 0.2) is 0 Å². The van der Waals surface area contributed by atoms with Crippen molar-refractivity contribution < 1.29 is 9.59 Å². The second-order valence-electron chi connectivity index (χ2n) is 10.1. The van der Waals surface area contributed by atoms with Crippen molar-refractivity contribution in [2.24, 2.45) is 0 Å². The molecule has 1 aliphatic heterocycles. The molecule has 2 aromatic rings. The van der Waals surface area contributed by atoms with Crippen LogP contribution in [0.2, 0.25) is 0 Å². The first-order valence-corrected chi connectivity index (χ1v) is 12.4. The highest BCUT2D eigenvalue weighted by Gasteiger charge is 2.50. The number of carbonyl (C=O) groups is 2. The lowest BCUT2D eigenvalue weighted by Crippen LogP contribution is -2.64. The maximum atomic E-state index is 13.9. The van der Waals surface area contributed by atoms with E-state index >= 15 is 0 Å². The number of aryl methyl sites for hydroxylation is 1. The summed E-state index contributed by atoms with van der Waals surface area (Å²) in [4.78, 5) is 29.8. The van der Waals surface area contributed by atoms with E-state index in [1.807, 2.05) is 36.1 Å². The van der Waals surface area contributed by atoms with E-state index in [0.717, 1.165) is 43.2 Å². The summed E-state index contributed by atoms with van der Waals surface area (Å²) < 4.78 is 0. The van der Waals surface area contributed by atoms with Gasteiger partial charge >= 0.3 is 0 Å². The van der Waals surface area contributed by atoms with Crippen molar-refractivity contribution in [1.29, 1.82) is 0 Å². The summed E-state index contributed by atoms with van der Waals surface area (Å²) in [6.07, 6.45) is 10.5. The minimum Gasteiger partial charge on any atom is -0.351 e. The fourth-order valence-corrected chi connectivity index (χ4v) is 6.13. The third kappa shape index (κ3) is 3.74. The van der Waals surface area contributed by atoms with Gasteiger partial charge in [0.2, 0.25) is 5.91 Å². The summed E-state index contributed by atoms with van der Waals surface area (Å²) in [7, 11) is 0. The van der Waals surface area contributed by atoms with Crippen LogP contribution in [0, 0.1) is 0 Å². The lowest BCUT2D eigenvalue weighted by Gasteiger charge is -2.49.